The molecule has 9 nitrogen and oxygen atoms in total. The Labute approximate surface area is 119 Å². The first-order valence-electron chi connectivity index (χ1n) is 5.55. The fraction of sp³-hybridized carbons (Fsp3) is 0.273. The molecular formula is C11H13NO8S. The Morgan fingerprint density at radius 3 is 2.05 bits per heavy atom. The number of nitrogens with one attached hydrogen (secondary N) is 1. The van der Waals surface area contributed by atoms with Crippen molar-refractivity contribution in [3.63, 3.8) is 0 Å². The van der Waals surface area contributed by atoms with Crippen LogP contribution in [0, 0.1) is 0 Å². The molecule has 0 heterocycles. The summed E-state index contributed by atoms with van der Waals surface area (Å²) in [5.74, 6) is -2.97. The highest BCUT2D eigenvalue weighted by Crippen LogP contribution is 2.19. The predicted octanol–water partition coefficient (Wildman–Crippen LogP) is -1.47. The summed E-state index contributed by atoms with van der Waals surface area (Å²) in [5.41, 5.74) is 0.00193. The molecule has 0 spiro atoms. The Hall–Kier alpha value is -2.01. The van der Waals surface area contributed by atoms with Gasteiger partial charge >= 0.3 is 11.9 Å². The number of sulfonamides is 1. The average Bonchev–Trinajstić information content (AvgIpc) is 2.43. The van der Waals surface area contributed by atoms with Crippen LogP contribution in [-0.2, 0) is 19.6 Å². The van der Waals surface area contributed by atoms with E-state index in [1.165, 1.54) is 0 Å². The van der Waals surface area contributed by atoms with Crippen LogP contribution in [0.2, 0.25) is 0 Å². The first kappa shape index (κ1) is 17.0. The smallest absolute Gasteiger partial charge is 0.335 e. The number of carbonyl (C=O) groups is 2. The summed E-state index contributed by atoms with van der Waals surface area (Å²) < 4.78 is 25.2. The molecule has 0 saturated heterocycles. The highest BCUT2D eigenvalue weighted by molar-refractivity contribution is 7.89. The Kier molecular flexibility index (Phi) is 5.38. The van der Waals surface area contributed by atoms with Crippen LogP contribution < -0.4 is 4.72 Å². The van der Waals surface area contributed by atoms with Crippen molar-refractivity contribution in [2.24, 2.45) is 0 Å². The maximum Gasteiger partial charge on any atom is 0.335 e. The normalized spacial score (nSPS) is 14.4. The zero-order valence-corrected chi connectivity index (χ0v) is 11.3. The van der Waals surface area contributed by atoms with Crippen LogP contribution in [0.3, 0.4) is 0 Å². The summed E-state index contributed by atoms with van der Waals surface area (Å²) in [6, 6.07) is 4.34. The molecule has 1 aromatic carbocycles. The van der Waals surface area contributed by atoms with Gasteiger partial charge in [0.2, 0.25) is 10.0 Å². The molecule has 0 aliphatic carbocycles. The van der Waals surface area contributed by atoms with E-state index in [1.807, 2.05) is 4.72 Å². The van der Waals surface area contributed by atoms with Gasteiger partial charge in [-0.2, -0.15) is 4.72 Å². The highest BCUT2D eigenvalue weighted by atomic mass is 32.2. The van der Waals surface area contributed by atoms with Crippen molar-refractivity contribution in [2.45, 2.75) is 17.1 Å². The molecule has 0 bridgehead atoms. The quantitative estimate of drug-likeness (QED) is 0.407. The lowest BCUT2D eigenvalue weighted by molar-refractivity contribution is -0.153. The number of hydrogen-bond donors (Lipinski definition) is 5. The molecule has 116 valence electrons. The van der Waals surface area contributed by atoms with Crippen LogP contribution in [0.15, 0.2) is 29.2 Å². The van der Waals surface area contributed by atoms with Crippen molar-refractivity contribution in [2.75, 3.05) is 6.54 Å². The zero-order chi connectivity index (χ0) is 16.2. The minimum Gasteiger partial charge on any atom is -0.480 e. The minimum atomic E-state index is -4.03. The first-order chi connectivity index (χ1) is 9.65. The topological polar surface area (TPSA) is 161 Å². The van der Waals surface area contributed by atoms with Crippen LogP contribution in [0.25, 0.3) is 0 Å². The van der Waals surface area contributed by atoms with E-state index in [0.717, 1.165) is 24.3 Å². The van der Waals surface area contributed by atoms with Gasteiger partial charge in [-0.15, -0.1) is 0 Å². The lowest BCUT2D eigenvalue weighted by Gasteiger charge is -2.14. The summed E-state index contributed by atoms with van der Waals surface area (Å²) in [4.78, 5) is 20.6. The average molecular weight is 319 g/mol. The largest absolute Gasteiger partial charge is 0.480 e. The van der Waals surface area contributed by atoms with E-state index in [9.17, 15) is 28.2 Å². The standard InChI is InChI=1S/C11H13NO8S/c13-8(14)5-12-21(19,20)7-3-1-6(2-4-7)9(15)10(16)11(17)18/h1-4,9-10,12,15-16H,5H2,(H,13,14)(H,17,18). The molecule has 0 aliphatic rings. The Morgan fingerprint density at radius 1 is 1.10 bits per heavy atom. The van der Waals surface area contributed by atoms with Crippen molar-refractivity contribution in [3.8, 4) is 0 Å². The summed E-state index contributed by atoms with van der Waals surface area (Å²) >= 11 is 0. The lowest BCUT2D eigenvalue weighted by Crippen LogP contribution is -2.29. The number of aliphatic hydroxyl groups is 2. The van der Waals surface area contributed by atoms with Crippen molar-refractivity contribution >= 4 is 22.0 Å². The van der Waals surface area contributed by atoms with Crippen LogP contribution in [0.4, 0.5) is 0 Å². The Morgan fingerprint density at radius 2 is 1.62 bits per heavy atom. The molecule has 0 saturated carbocycles. The molecule has 1 aromatic rings. The van der Waals surface area contributed by atoms with Gasteiger partial charge in [0, 0.05) is 0 Å². The molecule has 21 heavy (non-hydrogen) atoms. The number of aliphatic carboxylic acids is 2. The second-order valence-corrected chi connectivity index (χ2v) is 5.78. The molecule has 2 atom stereocenters. The van der Waals surface area contributed by atoms with E-state index in [4.69, 9.17) is 10.2 Å². The molecule has 1 rings (SSSR count). The molecule has 0 amide bonds. The van der Waals surface area contributed by atoms with Gasteiger partial charge < -0.3 is 20.4 Å². The van der Waals surface area contributed by atoms with Gasteiger partial charge in [-0.05, 0) is 17.7 Å². The molecule has 10 heteroatoms. The number of aliphatic hydroxyl groups excluding tert-OH is 2. The van der Waals surface area contributed by atoms with E-state index in [1.54, 1.807) is 0 Å². The number of carboxylic acids is 2. The Bertz CT molecular complexity index is 624. The van der Waals surface area contributed by atoms with Gasteiger partial charge in [0.1, 0.15) is 12.6 Å². The van der Waals surface area contributed by atoms with E-state index in [0.29, 0.717) is 0 Å². The second-order valence-electron chi connectivity index (χ2n) is 4.02. The number of benzene rings is 1. The number of rotatable bonds is 7. The van der Waals surface area contributed by atoms with Crippen LogP contribution >= 0.6 is 0 Å². The molecule has 2 unspecified atom stereocenters. The fourth-order valence-corrected chi connectivity index (χ4v) is 2.38. The van der Waals surface area contributed by atoms with Crippen LogP contribution in [0.1, 0.15) is 11.7 Å². The van der Waals surface area contributed by atoms with E-state index < -0.39 is 40.7 Å². The molecule has 5 N–H and O–H groups in total. The number of carboxylic acid groups (broad SMARTS) is 2. The summed E-state index contributed by atoms with van der Waals surface area (Å²) in [6.07, 6.45) is -3.76. The van der Waals surface area contributed by atoms with Gasteiger partial charge in [0.05, 0.1) is 4.90 Å². The third kappa shape index (κ3) is 4.49. The van der Waals surface area contributed by atoms with Gasteiger partial charge in [0.15, 0.2) is 6.10 Å². The van der Waals surface area contributed by atoms with E-state index >= 15 is 0 Å². The van der Waals surface area contributed by atoms with Crippen molar-refractivity contribution in [3.05, 3.63) is 29.8 Å². The summed E-state index contributed by atoms with van der Waals surface area (Å²) in [6.45, 7) is -0.787. The number of hydrogen-bond acceptors (Lipinski definition) is 6. The van der Waals surface area contributed by atoms with Crippen LogP contribution in [-0.4, -0.2) is 53.4 Å². The van der Waals surface area contributed by atoms with Crippen molar-refractivity contribution < 1.29 is 38.4 Å². The summed E-state index contributed by atoms with van der Waals surface area (Å²) in [5, 5.41) is 35.7. The maximum atomic E-state index is 11.7. The lowest BCUT2D eigenvalue weighted by atomic mass is 10.0. The third-order valence-corrected chi connectivity index (χ3v) is 3.91. The predicted molar refractivity (Wildman–Crippen MR) is 67.9 cm³/mol. The van der Waals surface area contributed by atoms with E-state index in [2.05, 4.69) is 0 Å². The maximum absolute atomic E-state index is 11.7. The highest BCUT2D eigenvalue weighted by Gasteiger charge is 2.25. The fourth-order valence-electron chi connectivity index (χ4n) is 1.40. The third-order valence-electron chi connectivity index (χ3n) is 2.50. The second kappa shape index (κ2) is 6.63. The molecule has 0 aliphatic heterocycles. The van der Waals surface area contributed by atoms with E-state index in [-0.39, 0.29) is 10.5 Å². The molecular weight excluding hydrogens is 306 g/mol. The Balaban J connectivity index is 2.92. The minimum absolute atomic E-state index is 0.00193. The first-order valence-corrected chi connectivity index (χ1v) is 7.04. The van der Waals surface area contributed by atoms with Crippen molar-refractivity contribution in [1.82, 2.24) is 4.72 Å². The zero-order valence-electron chi connectivity index (χ0n) is 10.5. The molecule has 0 fully saturated rings. The SMILES string of the molecule is O=C(O)CNS(=O)(=O)c1ccc(C(O)C(O)C(=O)O)cc1. The van der Waals surface area contributed by atoms with Gasteiger partial charge in [-0.3, -0.25) is 4.79 Å². The van der Waals surface area contributed by atoms with Gasteiger partial charge in [-0.1, -0.05) is 12.1 Å². The van der Waals surface area contributed by atoms with Gasteiger partial charge in [0.25, 0.3) is 0 Å². The van der Waals surface area contributed by atoms with Gasteiger partial charge in [-0.25, -0.2) is 13.2 Å². The molecule has 0 radical (unpaired) electrons. The van der Waals surface area contributed by atoms with Crippen LogP contribution in [0.5, 0.6) is 0 Å². The monoisotopic (exact) mass is 319 g/mol. The summed E-state index contributed by atoms with van der Waals surface area (Å²) in [7, 11) is -4.03. The molecule has 0 aromatic heterocycles. The van der Waals surface area contributed by atoms with Crippen molar-refractivity contribution in [1.29, 1.82) is 0 Å².